The highest BCUT2D eigenvalue weighted by atomic mass is 19.1. The summed E-state index contributed by atoms with van der Waals surface area (Å²) in [7, 11) is 0. The van der Waals surface area contributed by atoms with Gasteiger partial charge in [0.2, 0.25) is 5.91 Å². The number of allylic oxidation sites excluding steroid dienone is 1. The van der Waals surface area contributed by atoms with Crippen LogP contribution in [0.1, 0.15) is 37.7 Å². The fraction of sp³-hybridized carbons (Fsp3) is 0.350. The van der Waals surface area contributed by atoms with Crippen LogP contribution in [0.15, 0.2) is 48.0 Å². The molecule has 0 spiro atoms. The van der Waals surface area contributed by atoms with Crippen LogP contribution in [0.4, 0.5) is 16.0 Å². The van der Waals surface area contributed by atoms with Gasteiger partial charge in [0.25, 0.3) is 0 Å². The summed E-state index contributed by atoms with van der Waals surface area (Å²) in [6.07, 6.45) is 8.52. The maximum atomic E-state index is 12.9. The van der Waals surface area contributed by atoms with Crippen molar-refractivity contribution in [1.82, 2.24) is 10.2 Å². The molecule has 0 saturated carbocycles. The Bertz CT molecular complexity index is 756. The third kappa shape index (κ3) is 5.65. The lowest BCUT2D eigenvalue weighted by atomic mass is 9.97. The van der Waals surface area contributed by atoms with E-state index < -0.39 is 0 Å². The number of halogens is 1. The van der Waals surface area contributed by atoms with E-state index in [1.807, 2.05) is 0 Å². The number of anilines is 2. The van der Waals surface area contributed by atoms with Crippen molar-refractivity contribution >= 4 is 17.5 Å². The molecular formula is C20H23FN4O. The lowest BCUT2D eigenvalue weighted by Crippen LogP contribution is -2.16. The molecule has 2 N–H and O–H groups in total. The molecule has 0 aliphatic heterocycles. The number of benzene rings is 1. The topological polar surface area (TPSA) is 66.9 Å². The number of aromatic nitrogens is 2. The van der Waals surface area contributed by atoms with Crippen molar-refractivity contribution in [2.75, 3.05) is 17.2 Å². The third-order valence-electron chi connectivity index (χ3n) is 4.35. The molecule has 1 aliphatic rings. The van der Waals surface area contributed by atoms with Gasteiger partial charge in [-0.25, -0.2) is 4.39 Å². The zero-order valence-electron chi connectivity index (χ0n) is 14.7. The highest BCUT2D eigenvalue weighted by molar-refractivity contribution is 5.91. The summed E-state index contributed by atoms with van der Waals surface area (Å²) in [5, 5.41) is 14.1. The van der Waals surface area contributed by atoms with Crippen molar-refractivity contribution in [3.8, 4) is 0 Å². The van der Waals surface area contributed by atoms with Gasteiger partial charge in [-0.05, 0) is 61.9 Å². The van der Waals surface area contributed by atoms with Gasteiger partial charge in [0.05, 0.1) is 6.42 Å². The Morgan fingerprint density at radius 1 is 1.04 bits per heavy atom. The Morgan fingerprint density at radius 2 is 1.81 bits per heavy atom. The second-order valence-corrected chi connectivity index (χ2v) is 6.44. The van der Waals surface area contributed by atoms with E-state index in [0.29, 0.717) is 11.6 Å². The fourth-order valence-corrected chi connectivity index (χ4v) is 2.95. The molecule has 2 aromatic rings. The van der Waals surface area contributed by atoms with Crippen molar-refractivity contribution in [3.63, 3.8) is 0 Å². The Morgan fingerprint density at radius 3 is 2.50 bits per heavy atom. The van der Waals surface area contributed by atoms with E-state index in [4.69, 9.17) is 0 Å². The summed E-state index contributed by atoms with van der Waals surface area (Å²) < 4.78 is 12.9. The standard InChI is InChI=1S/C20H23FN4O/c21-17-8-6-16(7-9-17)14-20(26)23-19-11-10-18(24-25-19)22-13-12-15-4-2-1-3-5-15/h4,6-11H,1-3,5,12-14H2,(H,22,24)(H,23,25,26). The van der Waals surface area contributed by atoms with E-state index in [-0.39, 0.29) is 18.1 Å². The number of carbonyl (C=O) groups is 1. The first-order chi connectivity index (χ1) is 12.7. The van der Waals surface area contributed by atoms with Gasteiger partial charge in [0.1, 0.15) is 11.6 Å². The van der Waals surface area contributed by atoms with Gasteiger partial charge < -0.3 is 10.6 Å². The third-order valence-corrected chi connectivity index (χ3v) is 4.35. The minimum Gasteiger partial charge on any atom is -0.368 e. The minimum absolute atomic E-state index is 0.164. The molecule has 136 valence electrons. The summed E-state index contributed by atoms with van der Waals surface area (Å²) in [6.45, 7) is 0.830. The van der Waals surface area contributed by atoms with Crippen LogP contribution in [-0.2, 0) is 11.2 Å². The van der Waals surface area contributed by atoms with E-state index in [1.54, 1.807) is 24.3 Å². The molecule has 0 bridgehead atoms. The largest absolute Gasteiger partial charge is 0.368 e. The summed E-state index contributed by atoms with van der Waals surface area (Å²) in [4.78, 5) is 12.0. The van der Waals surface area contributed by atoms with Crippen molar-refractivity contribution in [2.24, 2.45) is 0 Å². The van der Waals surface area contributed by atoms with Gasteiger partial charge in [-0.3, -0.25) is 4.79 Å². The van der Waals surface area contributed by atoms with E-state index in [0.717, 1.165) is 18.5 Å². The van der Waals surface area contributed by atoms with Crippen LogP contribution < -0.4 is 10.6 Å². The van der Waals surface area contributed by atoms with E-state index in [9.17, 15) is 9.18 Å². The first-order valence-electron chi connectivity index (χ1n) is 8.99. The number of carbonyl (C=O) groups excluding carboxylic acids is 1. The van der Waals surface area contributed by atoms with Crippen LogP contribution in [0.25, 0.3) is 0 Å². The number of rotatable bonds is 7. The Balaban J connectivity index is 1.44. The van der Waals surface area contributed by atoms with Gasteiger partial charge >= 0.3 is 0 Å². The molecule has 0 atom stereocenters. The van der Waals surface area contributed by atoms with Crippen molar-refractivity contribution in [1.29, 1.82) is 0 Å². The quantitative estimate of drug-likeness (QED) is 0.735. The van der Waals surface area contributed by atoms with Gasteiger partial charge in [0.15, 0.2) is 5.82 Å². The molecule has 26 heavy (non-hydrogen) atoms. The average Bonchev–Trinajstić information content (AvgIpc) is 2.66. The second kappa shape index (κ2) is 9.08. The molecule has 1 aliphatic carbocycles. The molecule has 6 heteroatoms. The van der Waals surface area contributed by atoms with Crippen LogP contribution in [0.3, 0.4) is 0 Å². The predicted octanol–water partition coefficient (Wildman–Crippen LogP) is 4.10. The molecule has 1 heterocycles. The van der Waals surface area contributed by atoms with Crippen LogP contribution in [0.5, 0.6) is 0 Å². The zero-order chi connectivity index (χ0) is 18.2. The SMILES string of the molecule is O=C(Cc1ccc(F)cc1)Nc1ccc(NCCC2=CCCCC2)nn1. The van der Waals surface area contributed by atoms with Crippen LogP contribution >= 0.6 is 0 Å². The highest BCUT2D eigenvalue weighted by Crippen LogP contribution is 2.20. The van der Waals surface area contributed by atoms with E-state index in [1.165, 1.54) is 43.4 Å². The number of nitrogens with zero attached hydrogens (tertiary/aromatic N) is 2. The first-order valence-corrected chi connectivity index (χ1v) is 8.99. The molecule has 0 saturated heterocycles. The van der Waals surface area contributed by atoms with Crippen molar-refractivity contribution < 1.29 is 9.18 Å². The summed E-state index contributed by atoms with van der Waals surface area (Å²) in [5.41, 5.74) is 2.26. The summed E-state index contributed by atoms with van der Waals surface area (Å²) in [5.74, 6) is 0.564. The number of nitrogens with one attached hydrogen (secondary N) is 2. The zero-order valence-corrected chi connectivity index (χ0v) is 14.7. The molecule has 5 nitrogen and oxygen atoms in total. The van der Waals surface area contributed by atoms with Crippen LogP contribution in [-0.4, -0.2) is 22.6 Å². The number of amides is 1. The van der Waals surface area contributed by atoms with Crippen molar-refractivity contribution in [3.05, 3.63) is 59.4 Å². The Kier molecular flexibility index (Phi) is 6.30. The number of hydrogen-bond acceptors (Lipinski definition) is 4. The molecule has 1 aromatic heterocycles. The maximum absolute atomic E-state index is 12.9. The van der Waals surface area contributed by atoms with Gasteiger partial charge in [-0.1, -0.05) is 23.8 Å². The van der Waals surface area contributed by atoms with Crippen LogP contribution in [0, 0.1) is 5.82 Å². The Labute approximate surface area is 152 Å². The normalized spacial score (nSPS) is 13.8. The van der Waals surface area contributed by atoms with Gasteiger partial charge in [0, 0.05) is 6.54 Å². The minimum atomic E-state index is -0.317. The highest BCUT2D eigenvalue weighted by Gasteiger charge is 2.07. The molecule has 0 unspecified atom stereocenters. The fourth-order valence-electron chi connectivity index (χ4n) is 2.95. The molecule has 3 rings (SSSR count). The van der Waals surface area contributed by atoms with E-state index in [2.05, 4.69) is 26.9 Å². The maximum Gasteiger partial charge on any atom is 0.229 e. The number of hydrogen-bond donors (Lipinski definition) is 2. The molecule has 1 amide bonds. The Hall–Kier alpha value is -2.76. The lowest BCUT2D eigenvalue weighted by molar-refractivity contribution is -0.115. The molecular weight excluding hydrogens is 331 g/mol. The average molecular weight is 354 g/mol. The summed E-state index contributed by atoms with van der Waals surface area (Å²) in [6, 6.07) is 9.39. The van der Waals surface area contributed by atoms with Gasteiger partial charge in [-0.2, -0.15) is 0 Å². The lowest BCUT2D eigenvalue weighted by Gasteiger charge is -2.13. The van der Waals surface area contributed by atoms with Crippen molar-refractivity contribution in [2.45, 2.75) is 38.5 Å². The molecule has 0 fully saturated rings. The molecule has 1 aromatic carbocycles. The smallest absolute Gasteiger partial charge is 0.229 e. The monoisotopic (exact) mass is 354 g/mol. The predicted molar refractivity (Wildman–Crippen MR) is 100 cm³/mol. The second-order valence-electron chi connectivity index (χ2n) is 6.44. The van der Waals surface area contributed by atoms with Crippen LogP contribution in [0.2, 0.25) is 0 Å². The van der Waals surface area contributed by atoms with E-state index >= 15 is 0 Å². The molecule has 0 radical (unpaired) electrons. The first kappa shape index (κ1) is 18.0. The van der Waals surface area contributed by atoms with Gasteiger partial charge in [-0.15, -0.1) is 10.2 Å². The summed E-state index contributed by atoms with van der Waals surface area (Å²) >= 11 is 0.